The Bertz CT molecular complexity index is 819. The van der Waals surface area contributed by atoms with E-state index in [0.717, 1.165) is 56.0 Å². The molecule has 1 fully saturated rings. The highest BCUT2D eigenvalue weighted by Crippen LogP contribution is 2.22. The van der Waals surface area contributed by atoms with Crippen molar-refractivity contribution in [3.05, 3.63) is 54.1 Å². The van der Waals surface area contributed by atoms with Crippen molar-refractivity contribution >= 4 is 5.91 Å². The Morgan fingerprint density at radius 1 is 1.03 bits per heavy atom. The van der Waals surface area contributed by atoms with Gasteiger partial charge in [-0.05, 0) is 48.9 Å². The number of ether oxygens (including phenoxy) is 1. The van der Waals surface area contributed by atoms with E-state index in [1.54, 1.807) is 7.05 Å². The summed E-state index contributed by atoms with van der Waals surface area (Å²) in [7, 11) is 1.80. The number of hydrogen-bond donors (Lipinski definition) is 1. The quantitative estimate of drug-likeness (QED) is 0.699. The monoisotopic (exact) mass is 392 g/mol. The van der Waals surface area contributed by atoms with Crippen LogP contribution in [-0.4, -0.2) is 68.6 Å². The molecule has 1 amide bonds. The summed E-state index contributed by atoms with van der Waals surface area (Å²) in [6, 6.07) is 17.8. The van der Waals surface area contributed by atoms with Gasteiger partial charge < -0.3 is 15.0 Å². The molecule has 6 heteroatoms. The van der Waals surface area contributed by atoms with Crippen molar-refractivity contribution in [1.29, 1.82) is 5.26 Å². The number of carbonyl (C=O) groups excluding carboxylic acids is 1. The van der Waals surface area contributed by atoms with Crippen molar-refractivity contribution in [3.63, 3.8) is 0 Å². The number of piperazine rings is 1. The first-order chi connectivity index (χ1) is 14.2. The predicted molar refractivity (Wildman–Crippen MR) is 114 cm³/mol. The molecule has 1 aliphatic rings. The van der Waals surface area contributed by atoms with Gasteiger partial charge in [-0.2, -0.15) is 5.26 Å². The summed E-state index contributed by atoms with van der Waals surface area (Å²) in [5.41, 5.74) is 2.86. The van der Waals surface area contributed by atoms with Gasteiger partial charge in [-0.1, -0.05) is 24.3 Å². The number of hydrogen-bond acceptors (Lipinski definition) is 5. The second-order valence-corrected chi connectivity index (χ2v) is 7.17. The van der Waals surface area contributed by atoms with Crippen LogP contribution < -0.4 is 10.1 Å². The highest BCUT2D eigenvalue weighted by molar-refractivity contribution is 5.78. The normalized spacial score (nSPS) is 14.4. The third-order valence-electron chi connectivity index (χ3n) is 5.14. The lowest BCUT2D eigenvalue weighted by Gasteiger charge is -2.34. The van der Waals surface area contributed by atoms with Gasteiger partial charge in [0, 0.05) is 32.7 Å². The van der Waals surface area contributed by atoms with Gasteiger partial charge in [0.15, 0.2) is 0 Å². The molecule has 0 atom stereocenters. The van der Waals surface area contributed by atoms with Crippen LogP contribution in [0.25, 0.3) is 11.1 Å². The van der Waals surface area contributed by atoms with Gasteiger partial charge in [-0.3, -0.25) is 9.69 Å². The standard InChI is InChI=1S/C23H28N4O2/c1-25-18-23(28)27-14-12-26(13-15-27)11-2-16-29-22-9-7-21(8-10-22)20-5-3-19(17-24)4-6-20/h3-10,25H,2,11-16,18H2,1H3. The van der Waals surface area contributed by atoms with Gasteiger partial charge in [-0.15, -0.1) is 0 Å². The zero-order chi connectivity index (χ0) is 20.5. The van der Waals surface area contributed by atoms with E-state index >= 15 is 0 Å². The lowest BCUT2D eigenvalue weighted by molar-refractivity contribution is -0.131. The fraction of sp³-hybridized carbons (Fsp3) is 0.391. The van der Waals surface area contributed by atoms with Gasteiger partial charge >= 0.3 is 0 Å². The van der Waals surface area contributed by atoms with Crippen LogP contribution in [0.3, 0.4) is 0 Å². The van der Waals surface area contributed by atoms with E-state index in [-0.39, 0.29) is 5.91 Å². The maximum atomic E-state index is 11.9. The molecule has 0 unspecified atom stereocenters. The van der Waals surface area contributed by atoms with E-state index in [1.165, 1.54) is 0 Å². The maximum Gasteiger partial charge on any atom is 0.236 e. The van der Waals surface area contributed by atoms with Crippen LogP contribution in [0.4, 0.5) is 0 Å². The Morgan fingerprint density at radius 3 is 2.24 bits per heavy atom. The average molecular weight is 393 g/mol. The fourth-order valence-corrected chi connectivity index (χ4v) is 3.44. The smallest absolute Gasteiger partial charge is 0.236 e. The van der Waals surface area contributed by atoms with E-state index in [4.69, 9.17) is 10.00 Å². The van der Waals surface area contributed by atoms with Crippen molar-refractivity contribution < 1.29 is 9.53 Å². The predicted octanol–water partition coefficient (Wildman–Crippen LogP) is 2.36. The lowest BCUT2D eigenvalue weighted by Crippen LogP contribution is -2.50. The van der Waals surface area contributed by atoms with E-state index in [1.807, 2.05) is 53.4 Å². The van der Waals surface area contributed by atoms with E-state index in [2.05, 4.69) is 16.3 Å². The van der Waals surface area contributed by atoms with Gasteiger partial charge in [0.1, 0.15) is 5.75 Å². The molecule has 2 aromatic carbocycles. The van der Waals surface area contributed by atoms with Crippen LogP contribution in [0.2, 0.25) is 0 Å². The number of benzene rings is 2. The first-order valence-electron chi connectivity index (χ1n) is 10.1. The third kappa shape index (κ3) is 6.05. The number of rotatable bonds is 8. The summed E-state index contributed by atoms with van der Waals surface area (Å²) in [5, 5.41) is 11.8. The number of amides is 1. The first-order valence-corrected chi connectivity index (χ1v) is 10.1. The van der Waals surface area contributed by atoms with Crippen molar-refractivity contribution in [1.82, 2.24) is 15.1 Å². The fourth-order valence-electron chi connectivity index (χ4n) is 3.44. The van der Waals surface area contributed by atoms with Crippen LogP contribution in [0, 0.1) is 11.3 Å². The maximum absolute atomic E-state index is 11.9. The van der Waals surface area contributed by atoms with Gasteiger partial charge in [0.2, 0.25) is 5.91 Å². The second kappa shape index (κ2) is 10.6. The minimum absolute atomic E-state index is 0.180. The van der Waals surface area contributed by atoms with E-state index in [9.17, 15) is 4.79 Å². The Labute approximate surface area is 172 Å². The Morgan fingerprint density at radius 2 is 1.66 bits per heavy atom. The number of nitrogens with one attached hydrogen (secondary N) is 1. The van der Waals surface area contributed by atoms with E-state index < -0.39 is 0 Å². The molecule has 152 valence electrons. The second-order valence-electron chi connectivity index (χ2n) is 7.17. The summed E-state index contributed by atoms with van der Waals surface area (Å²) < 4.78 is 5.87. The lowest BCUT2D eigenvalue weighted by atomic mass is 10.0. The van der Waals surface area contributed by atoms with E-state index in [0.29, 0.717) is 18.7 Å². The third-order valence-corrected chi connectivity index (χ3v) is 5.14. The summed E-state index contributed by atoms with van der Waals surface area (Å²) in [5.74, 6) is 1.05. The van der Waals surface area contributed by atoms with Crippen LogP contribution in [0.15, 0.2) is 48.5 Å². The number of carbonyl (C=O) groups is 1. The summed E-state index contributed by atoms with van der Waals surface area (Å²) in [6.07, 6.45) is 0.960. The van der Waals surface area contributed by atoms with Crippen LogP contribution in [-0.2, 0) is 4.79 Å². The summed E-state index contributed by atoms with van der Waals surface area (Å²) in [6.45, 7) is 5.53. The molecule has 0 saturated carbocycles. The van der Waals surface area contributed by atoms with Crippen LogP contribution in [0.5, 0.6) is 5.75 Å². The van der Waals surface area contributed by atoms with Crippen LogP contribution >= 0.6 is 0 Å². The summed E-state index contributed by atoms with van der Waals surface area (Å²) >= 11 is 0. The van der Waals surface area contributed by atoms with Crippen LogP contribution in [0.1, 0.15) is 12.0 Å². The number of nitrogens with zero attached hydrogens (tertiary/aromatic N) is 3. The molecule has 0 radical (unpaired) electrons. The molecular formula is C23H28N4O2. The Balaban J connectivity index is 1.37. The van der Waals surface area contributed by atoms with Crippen molar-refractivity contribution in [2.75, 3.05) is 52.9 Å². The van der Waals surface area contributed by atoms with Gasteiger partial charge in [-0.25, -0.2) is 0 Å². The molecular weight excluding hydrogens is 364 g/mol. The zero-order valence-electron chi connectivity index (χ0n) is 16.9. The molecule has 0 aliphatic carbocycles. The van der Waals surface area contributed by atoms with Crippen molar-refractivity contribution in [2.45, 2.75) is 6.42 Å². The zero-order valence-corrected chi connectivity index (χ0v) is 16.9. The molecule has 1 heterocycles. The summed E-state index contributed by atoms with van der Waals surface area (Å²) in [4.78, 5) is 16.2. The largest absolute Gasteiger partial charge is 0.494 e. The highest BCUT2D eigenvalue weighted by Gasteiger charge is 2.19. The molecule has 1 N–H and O–H groups in total. The molecule has 1 saturated heterocycles. The molecule has 6 nitrogen and oxygen atoms in total. The molecule has 3 rings (SSSR count). The molecule has 29 heavy (non-hydrogen) atoms. The number of likely N-dealkylation sites (N-methyl/N-ethyl adjacent to an activating group) is 1. The first kappa shape index (κ1) is 20.8. The van der Waals surface area contributed by atoms with Gasteiger partial charge in [0.05, 0.1) is 24.8 Å². The Kier molecular flexibility index (Phi) is 7.62. The highest BCUT2D eigenvalue weighted by atomic mass is 16.5. The minimum Gasteiger partial charge on any atom is -0.494 e. The molecule has 0 spiro atoms. The SMILES string of the molecule is CNCC(=O)N1CCN(CCCOc2ccc(-c3ccc(C#N)cc3)cc2)CC1. The average Bonchev–Trinajstić information content (AvgIpc) is 2.78. The topological polar surface area (TPSA) is 68.6 Å². The van der Waals surface area contributed by atoms with Gasteiger partial charge in [0.25, 0.3) is 0 Å². The Hall–Kier alpha value is -2.88. The minimum atomic E-state index is 0.180. The molecule has 0 aromatic heterocycles. The van der Waals surface area contributed by atoms with Crippen molar-refractivity contribution in [2.24, 2.45) is 0 Å². The molecule has 1 aliphatic heterocycles. The number of nitriles is 1. The molecule has 2 aromatic rings. The molecule has 0 bridgehead atoms. The van der Waals surface area contributed by atoms with Crippen molar-refractivity contribution in [3.8, 4) is 22.9 Å².